The number of carbonyl (C=O) groups excluding carboxylic acids is 2. The lowest BCUT2D eigenvalue weighted by Gasteiger charge is -2.22. The smallest absolute Gasteiger partial charge is 0.251 e. The van der Waals surface area contributed by atoms with E-state index in [0.29, 0.717) is 25.1 Å². The number of benzene rings is 1. The molecule has 0 radical (unpaired) electrons. The van der Waals surface area contributed by atoms with Gasteiger partial charge in [0.05, 0.1) is 5.54 Å². The van der Waals surface area contributed by atoms with Crippen LogP contribution in [0.3, 0.4) is 0 Å². The van der Waals surface area contributed by atoms with Crippen molar-refractivity contribution in [3.8, 4) is 0 Å². The van der Waals surface area contributed by atoms with Crippen molar-refractivity contribution in [1.82, 2.24) is 15.5 Å². The quantitative estimate of drug-likeness (QED) is 0.615. The molecule has 6 nitrogen and oxygen atoms in total. The molecule has 0 bridgehead atoms. The Kier molecular flexibility index (Phi) is 10.4. The molecular formula is C18H31ClN4O2. The van der Waals surface area contributed by atoms with Crippen LogP contribution in [0.1, 0.15) is 42.6 Å². The summed E-state index contributed by atoms with van der Waals surface area (Å²) in [7, 11) is 3.92. The molecule has 0 aliphatic heterocycles. The molecule has 7 heteroatoms. The zero-order chi connectivity index (χ0) is 18.2. The summed E-state index contributed by atoms with van der Waals surface area (Å²) in [5.41, 5.74) is 6.61. The average Bonchev–Trinajstić information content (AvgIpc) is 2.52. The van der Waals surface area contributed by atoms with Crippen molar-refractivity contribution in [1.29, 1.82) is 0 Å². The number of nitrogens with one attached hydrogen (secondary N) is 2. The van der Waals surface area contributed by atoms with E-state index in [0.717, 1.165) is 18.5 Å². The molecule has 4 N–H and O–H groups in total. The summed E-state index contributed by atoms with van der Waals surface area (Å²) in [4.78, 5) is 26.3. The van der Waals surface area contributed by atoms with Crippen LogP contribution in [0.15, 0.2) is 24.3 Å². The number of hydrogen-bond donors (Lipinski definition) is 3. The molecule has 0 saturated heterocycles. The van der Waals surface area contributed by atoms with Crippen molar-refractivity contribution in [2.24, 2.45) is 5.73 Å². The van der Waals surface area contributed by atoms with E-state index in [1.54, 1.807) is 19.1 Å². The van der Waals surface area contributed by atoms with E-state index in [4.69, 9.17) is 5.73 Å². The van der Waals surface area contributed by atoms with Crippen molar-refractivity contribution in [2.75, 3.05) is 27.2 Å². The van der Waals surface area contributed by atoms with Gasteiger partial charge in [0.2, 0.25) is 5.91 Å². The maximum absolute atomic E-state index is 12.1. The van der Waals surface area contributed by atoms with Crippen molar-refractivity contribution in [3.05, 3.63) is 35.4 Å². The summed E-state index contributed by atoms with van der Waals surface area (Å²) in [5.74, 6) is -0.287. The summed E-state index contributed by atoms with van der Waals surface area (Å²) in [6, 6.07) is 7.25. The molecule has 0 fully saturated rings. The zero-order valence-electron chi connectivity index (χ0n) is 15.6. The van der Waals surface area contributed by atoms with Crippen LogP contribution in [0.4, 0.5) is 0 Å². The fourth-order valence-corrected chi connectivity index (χ4v) is 2.33. The largest absolute Gasteiger partial charge is 0.351 e. The van der Waals surface area contributed by atoms with Crippen LogP contribution >= 0.6 is 12.4 Å². The van der Waals surface area contributed by atoms with Crippen LogP contribution < -0.4 is 16.4 Å². The number of rotatable bonds is 9. The van der Waals surface area contributed by atoms with Gasteiger partial charge in [-0.25, -0.2) is 0 Å². The topological polar surface area (TPSA) is 87.5 Å². The first kappa shape index (κ1) is 23.4. The van der Waals surface area contributed by atoms with Gasteiger partial charge in [-0.2, -0.15) is 0 Å². The molecule has 25 heavy (non-hydrogen) atoms. The number of nitrogens with two attached hydrogens (primary N) is 1. The highest BCUT2D eigenvalue weighted by molar-refractivity contribution is 5.94. The van der Waals surface area contributed by atoms with Gasteiger partial charge < -0.3 is 21.3 Å². The van der Waals surface area contributed by atoms with E-state index >= 15 is 0 Å². The average molecular weight is 371 g/mol. The highest BCUT2D eigenvalue weighted by Gasteiger charge is 2.26. The number of hydrogen-bond acceptors (Lipinski definition) is 4. The van der Waals surface area contributed by atoms with Gasteiger partial charge in [0.1, 0.15) is 0 Å². The highest BCUT2D eigenvalue weighted by Crippen LogP contribution is 2.10. The van der Waals surface area contributed by atoms with Gasteiger partial charge in [0.15, 0.2) is 0 Å². The van der Waals surface area contributed by atoms with Gasteiger partial charge in [0.25, 0.3) is 5.91 Å². The Morgan fingerprint density at radius 3 is 2.52 bits per heavy atom. The van der Waals surface area contributed by atoms with E-state index in [1.165, 1.54) is 0 Å². The number of amides is 2. The maximum Gasteiger partial charge on any atom is 0.251 e. The molecule has 0 heterocycles. The zero-order valence-corrected chi connectivity index (χ0v) is 16.4. The molecule has 0 spiro atoms. The Morgan fingerprint density at radius 1 is 1.24 bits per heavy atom. The molecule has 0 aromatic heterocycles. The fourth-order valence-electron chi connectivity index (χ4n) is 2.33. The van der Waals surface area contributed by atoms with Crippen molar-refractivity contribution in [3.63, 3.8) is 0 Å². The third kappa shape index (κ3) is 8.34. The predicted molar refractivity (Wildman–Crippen MR) is 104 cm³/mol. The third-order valence-electron chi connectivity index (χ3n) is 3.77. The van der Waals surface area contributed by atoms with E-state index in [2.05, 4.69) is 10.6 Å². The second-order valence-corrected chi connectivity index (χ2v) is 6.61. The first-order valence-corrected chi connectivity index (χ1v) is 8.35. The summed E-state index contributed by atoms with van der Waals surface area (Å²) < 4.78 is 0. The molecule has 0 aliphatic rings. The lowest BCUT2D eigenvalue weighted by molar-refractivity contribution is -0.126. The number of nitrogens with zero attached hydrogens (tertiary/aromatic N) is 1. The Balaban J connectivity index is 0.00000576. The molecule has 1 unspecified atom stereocenters. The number of likely N-dealkylation sites (N-methyl/N-ethyl adjacent to an activating group) is 1. The SMILES string of the molecule is CCCC(C)(N)C(=O)NCc1cccc(C(=O)NCCN(C)C)c1.Cl. The first-order chi connectivity index (χ1) is 11.3. The van der Waals surface area contributed by atoms with Crippen molar-refractivity contribution < 1.29 is 9.59 Å². The lowest BCUT2D eigenvalue weighted by atomic mass is 9.96. The van der Waals surface area contributed by atoms with Crippen LogP contribution in [0, 0.1) is 0 Å². The van der Waals surface area contributed by atoms with Crippen molar-refractivity contribution >= 4 is 24.2 Å². The van der Waals surface area contributed by atoms with Gasteiger partial charge in [-0.15, -0.1) is 12.4 Å². The van der Waals surface area contributed by atoms with E-state index in [-0.39, 0.29) is 24.2 Å². The van der Waals surface area contributed by atoms with Gasteiger partial charge in [-0.1, -0.05) is 25.5 Å². The minimum Gasteiger partial charge on any atom is -0.351 e. The molecule has 1 atom stereocenters. The second-order valence-electron chi connectivity index (χ2n) is 6.61. The van der Waals surface area contributed by atoms with Gasteiger partial charge in [-0.3, -0.25) is 9.59 Å². The molecule has 1 rings (SSSR count). The monoisotopic (exact) mass is 370 g/mol. The van der Waals surface area contributed by atoms with Crippen LogP contribution in [0.25, 0.3) is 0 Å². The minimum absolute atomic E-state index is 0. The van der Waals surface area contributed by atoms with Gasteiger partial charge in [-0.05, 0) is 45.1 Å². The normalized spacial score (nSPS) is 12.9. The molecule has 0 saturated carbocycles. The van der Waals surface area contributed by atoms with Crippen LogP contribution in [0.2, 0.25) is 0 Å². The first-order valence-electron chi connectivity index (χ1n) is 8.35. The molecule has 142 valence electrons. The van der Waals surface area contributed by atoms with Crippen LogP contribution in [0.5, 0.6) is 0 Å². The lowest BCUT2D eigenvalue weighted by Crippen LogP contribution is -2.51. The van der Waals surface area contributed by atoms with Crippen LogP contribution in [-0.2, 0) is 11.3 Å². The predicted octanol–water partition coefficient (Wildman–Crippen LogP) is 1.53. The third-order valence-corrected chi connectivity index (χ3v) is 3.77. The van der Waals surface area contributed by atoms with Gasteiger partial charge >= 0.3 is 0 Å². The van der Waals surface area contributed by atoms with E-state index < -0.39 is 5.54 Å². The van der Waals surface area contributed by atoms with E-state index in [1.807, 2.05) is 38.1 Å². The minimum atomic E-state index is -0.865. The number of carbonyl (C=O) groups is 2. The summed E-state index contributed by atoms with van der Waals surface area (Å²) in [5, 5.41) is 5.72. The number of halogens is 1. The maximum atomic E-state index is 12.1. The Hall–Kier alpha value is -1.63. The fraction of sp³-hybridized carbons (Fsp3) is 0.556. The second kappa shape index (κ2) is 11.1. The summed E-state index contributed by atoms with van der Waals surface area (Å²) >= 11 is 0. The molecular weight excluding hydrogens is 340 g/mol. The Morgan fingerprint density at radius 2 is 1.92 bits per heavy atom. The van der Waals surface area contributed by atoms with Gasteiger partial charge in [0, 0.05) is 25.2 Å². The van der Waals surface area contributed by atoms with E-state index in [9.17, 15) is 9.59 Å². The molecule has 0 aliphatic carbocycles. The standard InChI is InChI=1S/C18H30N4O2.ClH/c1-5-9-18(2,19)17(24)21-13-14-7-6-8-15(12-14)16(23)20-10-11-22(3)4;/h6-8,12H,5,9-11,13,19H2,1-4H3,(H,20,23)(H,21,24);1H. The molecule has 2 amide bonds. The Bertz CT molecular complexity index is 562. The Labute approximate surface area is 156 Å². The molecule has 1 aromatic rings. The highest BCUT2D eigenvalue weighted by atomic mass is 35.5. The summed E-state index contributed by atoms with van der Waals surface area (Å²) in [6.45, 7) is 5.47. The summed E-state index contributed by atoms with van der Waals surface area (Å²) in [6.07, 6.45) is 1.48. The van der Waals surface area contributed by atoms with Crippen molar-refractivity contribution in [2.45, 2.75) is 38.8 Å². The molecule has 1 aromatic carbocycles. The van der Waals surface area contributed by atoms with Crippen LogP contribution in [-0.4, -0.2) is 49.4 Å².